The molecule has 1 N–H and O–H groups in total. The average Bonchev–Trinajstić information content (AvgIpc) is 2.15. The molecule has 0 heterocycles. The van der Waals surface area contributed by atoms with Crippen LogP contribution in [0.5, 0.6) is 0 Å². The van der Waals surface area contributed by atoms with Crippen LogP contribution in [0, 0.1) is 0 Å². The van der Waals surface area contributed by atoms with E-state index in [0.717, 1.165) is 12.1 Å². The number of hydrogen-bond donors (Lipinski definition) is 1. The lowest BCUT2D eigenvalue weighted by Crippen LogP contribution is -2.02. The van der Waals surface area contributed by atoms with Crippen LogP contribution in [0.1, 0.15) is 17.2 Å². The van der Waals surface area contributed by atoms with Crippen LogP contribution < -0.4 is 4.72 Å². The molecule has 0 fully saturated rings. The average molecular weight is 238 g/mol. The second-order valence-corrected chi connectivity index (χ2v) is 4.03. The van der Waals surface area contributed by atoms with E-state index in [0.29, 0.717) is 0 Å². The molecule has 0 radical (unpaired) electrons. The maximum absolute atomic E-state index is 6.09. The summed E-state index contributed by atoms with van der Waals surface area (Å²) in [6.45, 7) is 2.99. The maximum atomic E-state index is 6.09. The van der Waals surface area contributed by atoms with Gasteiger partial charge >= 0.3 is 0 Å². The van der Waals surface area contributed by atoms with Crippen molar-refractivity contribution in [1.29, 1.82) is 0 Å². The summed E-state index contributed by atoms with van der Waals surface area (Å²) in [7, 11) is 0. The number of benzene rings is 1. The molecule has 0 aromatic heterocycles. The summed E-state index contributed by atoms with van der Waals surface area (Å²) in [5, 5.41) is 0. The molecule has 4 heteroatoms. The van der Waals surface area contributed by atoms with Gasteiger partial charge in [0, 0.05) is 6.54 Å². The Labute approximate surface area is 94.8 Å². The van der Waals surface area contributed by atoms with Crippen LogP contribution in [0.2, 0.25) is 0 Å². The van der Waals surface area contributed by atoms with Crippen LogP contribution in [0.25, 0.3) is 0 Å². The molecule has 0 aliphatic rings. The van der Waals surface area contributed by atoms with Gasteiger partial charge in [-0.25, -0.2) is 0 Å². The van der Waals surface area contributed by atoms with Crippen molar-refractivity contribution in [3.05, 3.63) is 35.9 Å². The minimum atomic E-state index is 0. The Hall–Kier alpha value is 0.110. The lowest BCUT2D eigenvalue weighted by Gasteiger charge is -2.08. The third-order valence-electron chi connectivity index (χ3n) is 1.39. The van der Waals surface area contributed by atoms with E-state index in [1.807, 2.05) is 30.3 Å². The SMILES string of the molecule is CCNSC(Cl)c1ccccc1.Cl. The molecular formula is C9H13Cl2NS. The number of rotatable bonds is 4. The van der Waals surface area contributed by atoms with Crippen molar-refractivity contribution in [3.8, 4) is 0 Å². The van der Waals surface area contributed by atoms with Crippen molar-refractivity contribution in [2.45, 2.75) is 11.6 Å². The Morgan fingerprint density at radius 3 is 2.54 bits per heavy atom. The minimum Gasteiger partial charge on any atom is -0.263 e. The standard InChI is InChI=1S/C9H12ClNS.ClH/c1-2-11-12-9(10)8-6-4-3-5-7-8;/h3-7,9,11H,2H2,1H3;1H. The van der Waals surface area contributed by atoms with Crippen LogP contribution in [-0.2, 0) is 0 Å². The van der Waals surface area contributed by atoms with Gasteiger partial charge in [-0.05, 0) is 5.56 Å². The third-order valence-corrected chi connectivity index (χ3v) is 2.85. The highest BCUT2D eigenvalue weighted by atomic mass is 35.5. The Balaban J connectivity index is 0.00000144. The zero-order valence-electron chi connectivity index (χ0n) is 7.37. The van der Waals surface area contributed by atoms with Crippen molar-refractivity contribution < 1.29 is 0 Å². The molecule has 0 amide bonds. The first kappa shape index (κ1) is 13.1. The molecule has 0 bridgehead atoms. The van der Waals surface area contributed by atoms with Gasteiger partial charge in [0.25, 0.3) is 0 Å². The van der Waals surface area contributed by atoms with Gasteiger partial charge < -0.3 is 0 Å². The van der Waals surface area contributed by atoms with Crippen molar-refractivity contribution in [2.75, 3.05) is 6.54 Å². The molecule has 0 spiro atoms. The number of alkyl halides is 1. The van der Waals surface area contributed by atoms with E-state index in [-0.39, 0.29) is 17.1 Å². The summed E-state index contributed by atoms with van der Waals surface area (Å²) in [4.78, 5) is 0. The number of nitrogens with one attached hydrogen (secondary N) is 1. The molecule has 0 saturated heterocycles. The van der Waals surface area contributed by atoms with E-state index in [9.17, 15) is 0 Å². The molecule has 74 valence electrons. The van der Waals surface area contributed by atoms with Gasteiger partial charge in [-0.3, -0.25) is 4.72 Å². The van der Waals surface area contributed by atoms with Gasteiger partial charge in [0.1, 0.15) is 4.71 Å². The van der Waals surface area contributed by atoms with E-state index < -0.39 is 0 Å². The minimum absolute atomic E-state index is 0. The smallest absolute Gasteiger partial charge is 0.118 e. The molecule has 1 rings (SSSR count). The van der Waals surface area contributed by atoms with Crippen molar-refractivity contribution in [3.63, 3.8) is 0 Å². The van der Waals surface area contributed by atoms with Crippen molar-refractivity contribution >= 4 is 36.0 Å². The molecule has 1 atom stereocenters. The first-order valence-electron chi connectivity index (χ1n) is 3.92. The topological polar surface area (TPSA) is 12.0 Å². The lowest BCUT2D eigenvalue weighted by molar-refractivity contribution is 1.03. The Morgan fingerprint density at radius 2 is 2.00 bits per heavy atom. The van der Waals surface area contributed by atoms with Crippen LogP contribution in [0.15, 0.2) is 30.3 Å². The molecule has 0 saturated carbocycles. The van der Waals surface area contributed by atoms with Crippen molar-refractivity contribution in [1.82, 2.24) is 4.72 Å². The van der Waals surface area contributed by atoms with Crippen LogP contribution in [0.4, 0.5) is 0 Å². The summed E-state index contributed by atoms with van der Waals surface area (Å²) in [6.07, 6.45) is 0. The molecule has 1 unspecified atom stereocenters. The molecule has 1 nitrogen and oxygen atoms in total. The highest BCUT2D eigenvalue weighted by Crippen LogP contribution is 2.29. The predicted octanol–water partition coefficient (Wildman–Crippen LogP) is 3.60. The maximum Gasteiger partial charge on any atom is 0.118 e. The largest absolute Gasteiger partial charge is 0.263 e. The predicted molar refractivity (Wildman–Crippen MR) is 63.6 cm³/mol. The molecule has 13 heavy (non-hydrogen) atoms. The molecular weight excluding hydrogens is 225 g/mol. The zero-order chi connectivity index (χ0) is 8.81. The summed E-state index contributed by atoms with van der Waals surface area (Å²) in [5.74, 6) is 0. The van der Waals surface area contributed by atoms with Gasteiger partial charge in [0.2, 0.25) is 0 Å². The second-order valence-electron chi connectivity index (χ2n) is 2.34. The molecule has 1 aromatic carbocycles. The fourth-order valence-corrected chi connectivity index (χ4v) is 1.77. The highest BCUT2D eigenvalue weighted by molar-refractivity contribution is 7.98. The lowest BCUT2D eigenvalue weighted by atomic mass is 10.2. The van der Waals surface area contributed by atoms with Gasteiger partial charge in [0.15, 0.2) is 0 Å². The van der Waals surface area contributed by atoms with Crippen LogP contribution >= 0.6 is 36.0 Å². The normalized spacial score (nSPS) is 11.8. The summed E-state index contributed by atoms with van der Waals surface area (Å²) >= 11 is 7.63. The Morgan fingerprint density at radius 1 is 1.38 bits per heavy atom. The quantitative estimate of drug-likeness (QED) is 0.635. The zero-order valence-corrected chi connectivity index (χ0v) is 9.75. The molecule has 1 aromatic rings. The number of halogens is 2. The third kappa shape index (κ3) is 4.77. The van der Waals surface area contributed by atoms with Gasteiger partial charge in [-0.15, -0.1) is 24.0 Å². The summed E-state index contributed by atoms with van der Waals surface area (Å²) in [5.41, 5.74) is 1.14. The molecule has 0 aliphatic carbocycles. The van der Waals surface area contributed by atoms with Crippen molar-refractivity contribution in [2.24, 2.45) is 0 Å². The second kappa shape index (κ2) is 7.51. The van der Waals surface area contributed by atoms with E-state index in [1.165, 1.54) is 0 Å². The van der Waals surface area contributed by atoms with Gasteiger partial charge in [-0.2, -0.15) is 0 Å². The van der Waals surface area contributed by atoms with E-state index in [2.05, 4.69) is 11.6 Å². The Bertz CT molecular complexity index is 218. The van der Waals surface area contributed by atoms with Gasteiger partial charge in [0.05, 0.1) is 0 Å². The first-order chi connectivity index (χ1) is 5.84. The fraction of sp³-hybridized carbons (Fsp3) is 0.333. The van der Waals surface area contributed by atoms with Crippen LogP contribution in [0.3, 0.4) is 0 Å². The highest BCUT2D eigenvalue weighted by Gasteiger charge is 2.05. The molecule has 0 aliphatic heterocycles. The van der Waals surface area contributed by atoms with E-state index >= 15 is 0 Å². The first-order valence-corrected chi connectivity index (χ1v) is 5.23. The summed E-state index contributed by atoms with van der Waals surface area (Å²) < 4.78 is 3.14. The van der Waals surface area contributed by atoms with E-state index in [1.54, 1.807) is 11.9 Å². The monoisotopic (exact) mass is 237 g/mol. The Kier molecular flexibility index (Phi) is 7.57. The fourth-order valence-electron chi connectivity index (χ4n) is 0.829. The number of hydrogen-bond acceptors (Lipinski definition) is 2. The summed E-state index contributed by atoms with van der Waals surface area (Å²) in [6, 6.07) is 10.0. The van der Waals surface area contributed by atoms with Crippen LogP contribution in [-0.4, -0.2) is 6.54 Å². The van der Waals surface area contributed by atoms with E-state index in [4.69, 9.17) is 11.6 Å². The van der Waals surface area contributed by atoms with Gasteiger partial charge in [-0.1, -0.05) is 49.2 Å².